The second-order valence-electron chi connectivity index (χ2n) is 20.5. The van der Waals surface area contributed by atoms with E-state index < -0.39 is 0 Å². The van der Waals surface area contributed by atoms with Crippen LogP contribution < -0.4 is 26.2 Å². The zero-order valence-electron chi connectivity index (χ0n) is 36.8. The van der Waals surface area contributed by atoms with Gasteiger partial charge in [-0.1, -0.05) is 107 Å². The maximum Gasteiger partial charge on any atom is 0.252 e. The van der Waals surface area contributed by atoms with Gasteiger partial charge in [0.25, 0.3) is 6.71 Å². The Kier molecular flexibility index (Phi) is 6.94. The maximum atomic E-state index is 6.78. The molecule has 6 heterocycles. The topological polar surface area (TPSA) is 24.6 Å². The summed E-state index contributed by atoms with van der Waals surface area (Å²) in [6, 6.07) is 51.3. The molecular weight excluding hydrogens is 786 g/mol. The van der Waals surface area contributed by atoms with Crippen LogP contribution >= 0.6 is 11.3 Å². The summed E-state index contributed by atoms with van der Waals surface area (Å²) in [5.41, 5.74) is 20.2. The zero-order chi connectivity index (χ0) is 42.3. The van der Waals surface area contributed by atoms with Crippen LogP contribution in [0.4, 0.5) is 28.4 Å². The van der Waals surface area contributed by atoms with Gasteiger partial charge < -0.3 is 18.8 Å². The van der Waals surface area contributed by atoms with E-state index in [1.54, 1.807) is 0 Å². The van der Waals surface area contributed by atoms with Gasteiger partial charge in [-0.2, -0.15) is 0 Å². The van der Waals surface area contributed by atoms with Gasteiger partial charge in [0.2, 0.25) is 0 Å². The molecule has 0 spiro atoms. The van der Waals surface area contributed by atoms with Crippen molar-refractivity contribution in [3.63, 3.8) is 0 Å². The predicted molar refractivity (Wildman–Crippen MR) is 269 cm³/mol. The third kappa shape index (κ3) is 4.48. The van der Waals surface area contributed by atoms with Gasteiger partial charge >= 0.3 is 0 Å². The molecule has 2 unspecified atom stereocenters. The molecule has 1 saturated carbocycles. The number of benzene rings is 7. The molecule has 0 radical (unpaired) electrons. The molecule has 3 aromatic heterocycles. The van der Waals surface area contributed by atoms with Gasteiger partial charge in [0.15, 0.2) is 5.58 Å². The van der Waals surface area contributed by atoms with Gasteiger partial charge in [0.05, 0.1) is 16.7 Å². The Morgan fingerprint density at radius 1 is 0.635 bits per heavy atom. The summed E-state index contributed by atoms with van der Waals surface area (Å²) in [5.74, 6) is 0. The Balaban J connectivity index is 1.09. The van der Waals surface area contributed by atoms with Crippen molar-refractivity contribution in [2.75, 3.05) is 9.80 Å². The first kappa shape index (κ1) is 36.3. The lowest BCUT2D eigenvalue weighted by molar-refractivity contribution is 0.195. The minimum atomic E-state index is -0.0722. The number of nitrogens with zero attached hydrogens (tertiary/aromatic N) is 3. The third-order valence-electron chi connectivity index (χ3n) is 16.1. The summed E-state index contributed by atoms with van der Waals surface area (Å²) in [6.07, 6.45) is 4.87. The van der Waals surface area contributed by atoms with Gasteiger partial charge in [-0.15, -0.1) is 11.3 Å². The quantitative estimate of drug-likeness (QED) is 0.162. The molecule has 306 valence electrons. The van der Waals surface area contributed by atoms with Crippen molar-refractivity contribution in [2.45, 2.75) is 83.6 Å². The van der Waals surface area contributed by atoms with Crippen LogP contribution in [0.3, 0.4) is 0 Å². The number of thiophene rings is 1. The van der Waals surface area contributed by atoms with Crippen molar-refractivity contribution in [1.29, 1.82) is 0 Å². The van der Waals surface area contributed by atoms with E-state index >= 15 is 0 Å². The lowest BCUT2D eigenvalue weighted by atomic mass is 9.33. The Labute approximate surface area is 372 Å². The molecule has 4 nitrogen and oxygen atoms in total. The molecule has 0 saturated heterocycles. The first-order valence-electron chi connectivity index (χ1n) is 22.9. The number of hydrogen-bond acceptors (Lipinski definition) is 4. The molecule has 6 heteroatoms. The normalized spacial score (nSPS) is 20.0. The van der Waals surface area contributed by atoms with Crippen LogP contribution in [0.15, 0.2) is 138 Å². The van der Waals surface area contributed by atoms with E-state index in [-0.39, 0.29) is 23.1 Å². The van der Waals surface area contributed by atoms with E-state index in [1.807, 2.05) is 11.3 Å². The summed E-state index contributed by atoms with van der Waals surface area (Å²) in [5, 5.41) is 4.96. The van der Waals surface area contributed by atoms with Crippen LogP contribution in [0.5, 0.6) is 0 Å². The van der Waals surface area contributed by atoms with Gasteiger partial charge in [0.1, 0.15) is 11.1 Å². The van der Waals surface area contributed by atoms with E-state index in [2.05, 4.69) is 189 Å². The molecular formula is C57H48BN3OS. The predicted octanol–water partition coefficient (Wildman–Crippen LogP) is 13.9. The number of aromatic nitrogens is 1. The number of aryl methyl sites for hydroxylation is 1. The standard InChI is InChI=1S/C57H48BN3OS/c1-33-29-45-51-46(30-33)60-52-38(54-53(60)36-15-7-9-20-47(36)62-54)17-13-18-41(52)58(51)40-25-24-35(32-44(40)59(45)43-19-14-22-49-50(43)37-16-8-10-21-48(37)63-49)61-42-26-23-34(55(2,3)4)31-39(42)56(5)27-11-12-28-57(56,61)6/h7-10,13-26,29-32H,11-12,27-28H2,1-6H3. The van der Waals surface area contributed by atoms with E-state index in [1.165, 1.54) is 118 Å². The summed E-state index contributed by atoms with van der Waals surface area (Å²) in [4.78, 5) is 5.43. The maximum absolute atomic E-state index is 6.78. The van der Waals surface area contributed by atoms with Crippen molar-refractivity contribution in [1.82, 2.24) is 4.57 Å². The van der Waals surface area contributed by atoms with Gasteiger partial charge in [0, 0.05) is 64.8 Å². The zero-order valence-corrected chi connectivity index (χ0v) is 37.6. The Morgan fingerprint density at radius 2 is 1.40 bits per heavy atom. The van der Waals surface area contributed by atoms with Crippen molar-refractivity contribution >= 4 is 116 Å². The molecule has 1 aliphatic carbocycles. The van der Waals surface area contributed by atoms with E-state index in [4.69, 9.17) is 4.42 Å². The van der Waals surface area contributed by atoms with Crippen LogP contribution in [0.1, 0.15) is 77.0 Å². The number of hydrogen-bond donors (Lipinski definition) is 0. The summed E-state index contributed by atoms with van der Waals surface area (Å²) in [6.45, 7) is 14.5. The number of para-hydroxylation sites is 2. The van der Waals surface area contributed by atoms with E-state index in [9.17, 15) is 0 Å². The van der Waals surface area contributed by atoms with Crippen molar-refractivity contribution < 1.29 is 4.42 Å². The first-order chi connectivity index (χ1) is 30.5. The monoisotopic (exact) mass is 833 g/mol. The molecule has 2 atom stereocenters. The molecule has 4 aliphatic rings. The molecule has 3 aliphatic heterocycles. The Bertz CT molecular complexity index is 3660. The van der Waals surface area contributed by atoms with Gasteiger partial charge in [-0.3, -0.25) is 0 Å². The smallest absolute Gasteiger partial charge is 0.252 e. The minimum absolute atomic E-state index is 0.0305. The molecule has 14 rings (SSSR count). The first-order valence-corrected chi connectivity index (χ1v) is 23.7. The number of anilines is 5. The van der Waals surface area contributed by atoms with Crippen LogP contribution in [0.2, 0.25) is 0 Å². The van der Waals surface area contributed by atoms with Gasteiger partial charge in [-0.25, -0.2) is 0 Å². The largest absolute Gasteiger partial charge is 0.454 e. The minimum Gasteiger partial charge on any atom is -0.454 e. The molecule has 0 N–H and O–H groups in total. The molecule has 1 fully saturated rings. The highest BCUT2D eigenvalue weighted by Gasteiger charge is 2.58. The summed E-state index contributed by atoms with van der Waals surface area (Å²) >= 11 is 1.90. The highest BCUT2D eigenvalue weighted by Crippen LogP contribution is 2.62. The fourth-order valence-corrected chi connectivity index (χ4v) is 14.1. The van der Waals surface area contributed by atoms with Crippen molar-refractivity contribution in [2.24, 2.45) is 0 Å². The number of furan rings is 1. The van der Waals surface area contributed by atoms with Crippen LogP contribution in [0.25, 0.3) is 58.8 Å². The summed E-state index contributed by atoms with van der Waals surface area (Å²) < 4.78 is 12.0. The molecule has 63 heavy (non-hydrogen) atoms. The Hall–Kier alpha value is -6.24. The lowest BCUT2D eigenvalue weighted by Gasteiger charge is -2.50. The lowest BCUT2D eigenvalue weighted by Crippen LogP contribution is -2.60. The number of rotatable bonds is 2. The molecule has 7 aromatic carbocycles. The van der Waals surface area contributed by atoms with Crippen LogP contribution in [0, 0.1) is 6.92 Å². The molecule has 0 amide bonds. The fraction of sp³-hybridized carbons (Fsp3) is 0.228. The highest BCUT2D eigenvalue weighted by atomic mass is 32.1. The van der Waals surface area contributed by atoms with E-state index in [0.717, 1.165) is 28.5 Å². The molecule has 0 bridgehead atoms. The second-order valence-corrected chi connectivity index (χ2v) is 21.5. The van der Waals surface area contributed by atoms with Gasteiger partial charge in [-0.05, 0) is 132 Å². The van der Waals surface area contributed by atoms with Crippen LogP contribution in [-0.4, -0.2) is 16.8 Å². The second kappa shape index (κ2) is 12.1. The van der Waals surface area contributed by atoms with Crippen LogP contribution in [-0.2, 0) is 10.8 Å². The third-order valence-corrected chi connectivity index (χ3v) is 17.2. The average Bonchev–Trinajstić information content (AvgIpc) is 4.00. The van der Waals surface area contributed by atoms with Crippen molar-refractivity contribution in [3.8, 4) is 5.69 Å². The Morgan fingerprint density at radius 3 is 2.27 bits per heavy atom. The number of fused-ring (bicyclic) bond motifs is 15. The fourth-order valence-electron chi connectivity index (χ4n) is 13.0. The summed E-state index contributed by atoms with van der Waals surface area (Å²) in [7, 11) is 0. The average molecular weight is 834 g/mol. The molecule has 10 aromatic rings. The van der Waals surface area contributed by atoms with E-state index in [0.29, 0.717) is 0 Å². The highest BCUT2D eigenvalue weighted by molar-refractivity contribution is 7.26. The van der Waals surface area contributed by atoms with Crippen molar-refractivity contribution in [3.05, 3.63) is 150 Å². The SMILES string of the molecule is Cc1cc2c3c(c1)-n1c4c(cccc4c4oc5ccccc5c41)B3c1ccc(N3c4ccc(C(C)(C)C)cc4C4(C)CCCCC34C)cc1N2c1cccc2sc3ccccc3c12.